The molecule has 1 aromatic rings. The molecule has 1 aliphatic heterocycles. The van der Waals surface area contributed by atoms with Gasteiger partial charge in [0.15, 0.2) is 11.1 Å². The fourth-order valence-corrected chi connectivity index (χ4v) is 2.60. The fourth-order valence-electron chi connectivity index (χ4n) is 1.16. The SMILES string of the molecule is NN1CSc2cc(S(=O)O)ccc21. The first-order chi connectivity index (χ1) is 6.18. The molecule has 6 heteroatoms. The first-order valence-electron chi connectivity index (χ1n) is 3.58. The van der Waals surface area contributed by atoms with Crippen LogP contribution >= 0.6 is 11.8 Å². The zero-order chi connectivity index (χ0) is 9.42. The van der Waals surface area contributed by atoms with Gasteiger partial charge in [-0.3, -0.25) is 5.01 Å². The summed E-state index contributed by atoms with van der Waals surface area (Å²) in [6.07, 6.45) is 0. The summed E-state index contributed by atoms with van der Waals surface area (Å²) in [5.41, 5.74) is 0.916. The molecule has 13 heavy (non-hydrogen) atoms. The standard InChI is InChI=1S/C7H8N2O2S2/c8-9-4-12-7-3-5(13(10)11)1-2-6(7)9/h1-3H,4,8H2,(H,10,11). The molecule has 0 bridgehead atoms. The second-order valence-corrected chi connectivity index (χ2v) is 4.58. The number of anilines is 1. The van der Waals surface area contributed by atoms with Gasteiger partial charge >= 0.3 is 0 Å². The van der Waals surface area contributed by atoms with Gasteiger partial charge in [-0.15, -0.1) is 11.8 Å². The van der Waals surface area contributed by atoms with Crippen LogP contribution < -0.4 is 10.9 Å². The number of nitrogens with zero attached hydrogens (tertiary/aromatic N) is 1. The molecule has 4 nitrogen and oxygen atoms in total. The van der Waals surface area contributed by atoms with Crippen molar-refractivity contribution in [2.24, 2.45) is 5.84 Å². The van der Waals surface area contributed by atoms with Gasteiger partial charge in [0.1, 0.15) is 0 Å². The third kappa shape index (κ3) is 1.58. The molecule has 0 saturated carbocycles. The van der Waals surface area contributed by atoms with E-state index in [9.17, 15) is 4.21 Å². The van der Waals surface area contributed by atoms with Crippen molar-refractivity contribution in [1.29, 1.82) is 0 Å². The number of rotatable bonds is 1. The second-order valence-electron chi connectivity index (χ2n) is 2.62. The molecular weight excluding hydrogens is 208 g/mol. The topological polar surface area (TPSA) is 66.6 Å². The maximum Gasteiger partial charge on any atom is 0.186 e. The van der Waals surface area contributed by atoms with E-state index in [4.69, 9.17) is 10.4 Å². The second kappa shape index (κ2) is 3.30. The van der Waals surface area contributed by atoms with E-state index in [1.165, 1.54) is 0 Å². The molecule has 3 N–H and O–H groups in total. The van der Waals surface area contributed by atoms with Crippen molar-refractivity contribution in [1.82, 2.24) is 0 Å². The molecule has 0 saturated heterocycles. The predicted molar refractivity (Wildman–Crippen MR) is 52.9 cm³/mol. The van der Waals surface area contributed by atoms with Crippen molar-refractivity contribution in [3.8, 4) is 0 Å². The summed E-state index contributed by atoms with van der Waals surface area (Å²) in [4.78, 5) is 1.38. The number of fused-ring (bicyclic) bond motifs is 1. The average molecular weight is 216 g/mol. The molecule has 1 atom stereocenters. The molecule has 0 fully saturated rings. The normalized spacial score (nSPS) is 17.2. The number of hydrogen-bond acceptors (Lipinski definition) is 4. The maximum atomic E-state index is 10.7. The van der Waals surface area contributed by atoms with Crippen LogP contribution in [0, 0.1) is 0 Å². The van der Waals surface area contributed by atoms with Gasteiger partial charge in [-0.25, -0.2) is 10.1 Å². The van der Waals surface area contributed by atoms with Crippen LogP contribution in [0.4, 0.5) is 5.69 Å². The zero-order valence-electron chi connectivity index (χ0n) is 6.64. The monoisotopic (exact) mass is 216 g/mol. The van der Waals surface area contributed by atoms with Gasteiger partial charge in [0.2, 0.25) is 0 Å². The minimum absolute atomic E-state index is 0.418. The molecule has 1 aromatic carbocycles. The summed E-state index contributed by atoms with van der Waals surface area (Å²) >= 11 is -0.342. The van der Waals surface area contributed by atoms with E-state index in [0.29, 0.717) is 10.8 Å². The van der Waals surface area contributed by atoms with Crippen LogP contribution in [-0.2, 0) is 11.1 Å². The van der Waals surface area contributed by atoms with Crippen LogP contribution in [0.25, 0.3) is 0 Å². The Morgan fingerprint density at radius 2 is 2.38 bits per heavy atom. The quantitative estimate of drug-likeness (QED) is 0.542. The lowest BCUT2D eigenvalue weighted by molar-refractivity contribution is 0.564. The Labute approximate surface area is 82.4 Å². The first kappa shape index (κ1) is 9.01. The van der Waals surface area contributed by atoms with Crippen molar-refractivity contribution in [2.75, 3.05) is 10.9 Å². The van der Waals surface area contributed by atoms with Crippen LogP contribution in [0.3, 0.4) is 0 Å². The summed E-state index contributed by atoms with van der Waals surface area (Å²) < 4.78 is 19.6. The highest BCUT2D eigenvalue weighted by atomic mass is 32.2. The van der Waals surface area contributed by atoms with Gasteiger partial charge in [0.25, 0.3) is 0 Å². The Balaban J connectivity index is 2.45. The van der Waals surface area contributed by atoms with Crippen molar-refractivity contribution >= 4 is 28.5 Å². The Bertz CT molecular complexity index is 370. The summed E-state index contributed by atoms with van der Waals surface area (Å²) in [7, 11) is 0. The molecule has 0 radical (unpaired) electrons. The number of hydrazine groups is 1. The van der Waals surface area contributed by atoms with E-state index < -0.39 is 11.1 Å². The molecule has 0 amide bonds. The molecule has 1 aliphatic rings. The van der Waals surface area contributed by atoms with E-state index in [0.717, 1.165) is 10.6 Å². The number of thioether (sulfide) groups is 1. The van der Waals surface area contributed by atoms with Crippen molar-refractivity contribution in [3.05, 3.63) is 18.2 Å². The van der Waals surface area contributed by atoms with Crippen molar-refractivity contribution in [2.45, 2.75) is 9.79 Å². The van der Waals surface area contributed by atoms with Crippen LogP contribution in [0.5, 0.6) is 0 Å². The van der Waals surface area contributed by atoms with Gasteiger partial charge in [-0.05, 0) is 18.2 Å². The average Bonchev–Trinajstić information content (AvgIpc) is 2.47. The first-order valence-corrected chi connectivity index (χ1v) is 5.67. The van der Waals surface area contributed by atoms with E-state index in [2.05, 4.69) is 0 Å². The lowest BCUT2D eigenvalue weighted by Gasteiger charge is -2.09. The summed E-state index contributed by atoms with van der Waals surface area (Å²) in [5, 5.41) is 1.62. The summed E-state index contributed by atoms with van der Waals surface area (Å²) in [6, 6.07) is 5.07. The highest BCUT2D eigenvalue weighted by Crippen LogP contribution is 2.37. The number of benzene rings is 1. The Morgan fingerprint density at radius 1 is 1.62 bits per heavy atom. The van der Waals surface area contributed by atoms with E-state index >= 15 is 0 Å². The van der Waals surface area contributed by atoms with E-state index in [1.54, 1.807) is 35.0 Å². The van der Waals surface area contributed by atoms with Gasteiger partial charge in [-0.1, -0.05) is 0 Å². The number of nitrogens with two attached hydrogens (primary N) is 1. The molecule has 1 heterocycles. The maximum absolute atomic E-state index is 10.7. The highest BCUT2D eigenvalue weighted by Gasteiger charge is 2.17. The Kier molecular flexibility index (Phi) is 2.29. The van der Waals surface area contributed by atoms with Gasteiger partial charge < -0.3 is 4.55 Å². The van der Waals surface area contributed by atoms with Crippen molar-refractivity contribution in [3.63, 3.8) is 0 Å². The van der Waals surface area contributed by atoms with E-state index in [-0.39, 0.29) is 0 Å². The largest absolute Gasteiger partial charge is 0.302 e. The summed E-state index contributed by atoms with van der Waals surface area (Å²) in [5.74, 6) is 6.34. The minimum Gasteiger partial charge on any atom is -0.302 e. The van der Waals surface area contributed by atoms with Gasteiger partial charge in [0.05, 0.1) is 16.5 Å². The lowest BCUT2D eigenvalue weighted by Crippen LogP contribution is -2.26. The third-order valence-corrected chi connectivity index (χ3v) is 3.50. The molecule has 2 rings (SSSR count). The molecule has 0 spiro atoms. The molecule has 1 unspecified atom stereocenters. The smallest absolute Gasteiger partial charge is 0.186 e. The Hall–Kier alpha value is -0.560. The van der Waals surface area contributed by atoms with Crippen LogP contribution in [-0.4, -0.2) is 14.6 Å². The van der Waals surface area contributed by atoms with Gasteiger partial charge in [-0.2, -0.15) is 0 Å². The van der Waals surface area contributed by atoms with Crippen LogP contribution in [0.1, 0.15) is 0 Å². The summed E-state index contributed by atoms with van der Waals surface area (Å²) in [6.45, 7) is 0. The highest BCUT2D eigenvalue weighted by molar-refractivity contribution is 7.99. The Morgan fingerprint density at radius 3 is 3.08 bits per heavy atom. The van der Waals surface area contributed by atoms with Gasteiger partial charge in [0, 0.05) is 4.90 Å². The van der Waals surface area contributed by atoms with E-state index in [1.807, 2.05) is 0 Å². The van der Waals surface area contributed by atoms with Crippen LogP contribution in [0.15, 0.2) is 28.0 Å². The third-order valence-electron chi connectivity index (χ3n) is 1.80. The van der Waals surface area contributed by atoms with Crippen LogP contribution in [0.2, 0.25) is 0 Å². The lowest BCUT2D eigenvalue weighted by atomic mass is 10.3. The predicted octanol–water partition coefficient (Wildman–Crippen LogP) is 1.01. The minimum atomic E-state index is -1.91. The van der Waals surface area contributed by atoms with Crippen molar-refractivity contribution < 1.29 is 8.76 Å². The number of hydrogen-bond donors (Lipinski definition) is 2. The fraction of sp³-hybridized carbons (Fsp3) is 0.143. The zero-order valence-corrected chi connectivity index (χ0v) is 8.27. The molecule has 0 aromatic heterocycles. The molecule has 70 valence electrons. The molecule has 0 aliphatic carbocycles. The molecular formula is C7H8N2O2S2.